The molecule has 2 atom stereocenters. The van der Waals surface area contributed by atoms with Crippen molar-refractivity contribution in [2.45, 2.75) is 32.6 Å². The monoisotopic (exact) mass is 326 g/mol. The van der Waals surface area contributed by atoms with Crippen LogP contribution in [0.5, 0.6) is 0 Å². The van der Waals surface area contributed by atoms with E-state index in [9.17, 15) is 10.1 Å². The maximum atomic E-state index is 10.9. The average molecular weight is 327 g/mol. The lowest BCUT2D eigenvalue weighted by Gasteiger charge is -2.27. The van der Waals surface area contributed by atoms with E-state index in [1.807, 2.05) is 6.07 Å². The van der Waals surface area contributed by atoms with Gasteiger partial charge in [-0.1, -0.05) is 19.8 Å². The Morgan fingerprint density at radius 1 is 1.47 bits per heavy atom. The molecular formula is C14H19BrN2O2. The second-order valence-electron chi connectivity index (χ2n) is 5.44. The van der Waals surface area contributed by atoms with E-state index in [4.69, 9.17) is 0 Å². The lowest BCUT2D eigenvalue weighted by Crippen LogP contribution is -2.21. The highest BCUT2D eigenvalue weighted by molar-refractivity contribution is 9.10. The van der Waals surface area contributed by atoms with Crippen LogP contribution in [0.1, 0.15) is 32.6 Å². The normalized spacial score (nSPS) is 23.1. The number of halogens is 1. The van der Waals surface area contributed by atoms with Crippen molar-refractivity contribution in [2.75, 3.05) is 11.9 Å². The predicted octanol–water partition coefficient (Wildman–Crippen LogP) is 4.60. The molecule has 0 amide bonds. The largest absolute Gasteiger partial charge is 0.385 e. The van der Waals surface area contributed by atoms with Crippen LogP contribution in [0, 0.1) is 22.0 Å². The number of hydrogen-bond donors (Lipinski definition) is 1. The van der Waals surface area contributed by atoms with Crippen molar-refractivity contribution in [1.82, 2.24) is 0 Å². The molecule has 1 aromatic carbocycles. The smallest absolute Gasteiger partial charge is 0.285 e. The lowest BCUT2D eigenvalue weighted by atomic mass is 9.82. The minimum absolute atomic E-state index is 0.113. The van der Waals surface area contributed by atoms with E-state index in [-0.39, 0.29) is 10.6 Å². The van der Waals surface area contributed by atoms with E-state index in [2.05, 4.69) is 28.2 Å². The molecule has 4 nitrogen and oxygen atoms in total. The van der Waals surface area contributed by atoms with Gasteiger partial charge in [-0.2, -0.15) is 0 Å². The number of nitro benzene ring substituents is 1. The topological polar surface area (TPSA) is 55.2 Å². The Kier molecular flexibility index (Phi) is 4.80. The number of nitrogens with one attached hydrogen (secondary N) is 1. The summed E-state index contributed by atoms with van der Waals surface area (Å²) in [5, 5.41) is 14.2. The highest BCUT2D eigenvalue weighted by atomic mass is 79.9. The van der Waals surface area contributed by atoms with E-state index in [0.29, 0.717) is 10.4 Å². The van der Waals surface area contributed by atoms with Gasteiger partial charge >= 0.3 is 0 Å². The average Bonchev–Trinajstić information content (AvgIpc) is 2.37. The van der Waals surface area contributed by atoms with Gasteiger partial charge in [0.2, 0.25) is 0 Å². The first-order valence-electron chi connectivity index (χ1n) is 6.74. The maximum absolute atomic E-state index is 10.9. The van der Waals surface area contributed by atoms with Gasteiger partial charge in [0.05, 0.1) is 9.40 Å². The quantitative estimate of drug-likeness (QED) is 0.650. The number of rotatable bonds is 4. The van der Waals surface area contributed by atoms with Crippen molar-refractivity contribution in [3.8, 4) is 0 Å². The summed E-state index contributed by atoms with van der Waals surface area (Å²) in [6.07, 6.45) is 5.15. The van der Waals surface area contributed by atoms with Crippen LogP contribution in [-0.4, -0.2) is 11.5 Å². The van der Waals surface area contributed by atoms with Crippen molar-refractivity contribution in [3.63, 3.8) is 0 Å². The van der Waals surface area contributed by atoms with Gasteiger partial charge in [0.15, 0.2) is 0 Å². The third-order valence-corrected chi connectivity index (χ3v) is 4.45. The molecule has 19 heavy (non-hydrogen) atoms. The highest BCUT2D eigenvalue weighted by Gasteiger charge is 2.19. The first-order valence-corrected chi connectivity index (χ1v) is 7.53. The Morgan fingerprint density at radius 3 is 2.95 bits per heavy atom. The lowest BCUT2D eigenvalue weighted by molar-refractivity contribution is -0.385. The van der Waals surface area contributed by atoms with Crippen LogP contribution < -0.4 is 5.32 Å². The van der Waals surface area contributed by atoms with E-state index in [1.165, 1.54) is 25.7 Å². The van der Waals surface area contributed by atoms with Crippen LogP contribution in [0.4, 0.5) is 11.4 Å². The number of nitrogens with zero attached hydrogens (tertiary/aromatic N) is 1. The van der Waals surface area contributed by atoms with Gasteiger partial charge < -0.3 is 5.32 Å². The molecule has 1 saturated carbocycles. The molecule has 1 aliphatic carbocycles. The van der Waals surface area contributed by atoms with Crippen LogP contribution in [0.25, 0.3) is 0 Å². The Labute approximate surface area is 121 Å². The van der Waals surface area contributed by atoms with Crippen molar-refractivity contribution in [1.29, 1.82) is 0 Å². The molecule has 2 rings (SSSR count). The van der Waals surface area contributed by atoms with Gasteiger partial charge in [-0.3, -0.25) is 10.1 Å². The first kappa shape index (κ1) is 14.3. The summed E-state index contributed by atoms with van der Waals surface area (Å²) in [6, 6.07) is 5.20. The minimum Gasteiger partial charge on any atom is -0.385 e. The molecule has 0 aliphatic heterocycles. The standard InChI is InChI=1S/C14H19BrN2O2/c1-10-3-2-4-11(7-10)9-16-12-5-6-13(15)14(8-12)17(18)19/h5-6,8,10-11,16H,2-4,7,9H2,1H3. The molecule has 0 saturated heterocycles. The summed E-state index contributed by atoms with van der Waals surface area (Å²) in [4.78, 5) is 10.5. The number of anilines is 1. The fraction of sp³-hybridized carbons (Fsp3) is 0.571. The van der Waals surface area contributed by atoms with Gasteiger partial charge in [-0.25, -0.2) is 0 Å². The first-order chi connectivity index (χ1) is 9.06. The van der Waals surface area contributed by atoms with Gasteiger partial charge in [-0.15, -0.1) is 0 Å². The summed E-state index contributed by atoms with van der Waals surface area (Å²) in [6.45, 7) is 3.21. The molecule has 0 heterocycles. The van der Waals surface area contributed by atoms with Gasteiger partial charge in [0, 0.05) is 18.3 Å². The summed E-state index contributed by atoms with van der Waals surface area (Å²) >= 11 is 3.20. The van der Waals surface area contributed by atoms with Gasteiger partial charge in [-0.05, 0) is 52.7 Å². The highest BCUT2D eigenvalue weighted by Crippen LogP contribution is 2.30. The fourth-order valence-electron chi connectivity index (χ4n) is 2.77. The Morgan fingerprint density at radius 2 is 2.26 bits per heavy atom. The molecular weight excluding hydrogens is 308 g/mol. The van der Waals surface area contributed by atoms with E-state index in [0.717, 1.165) is 18.2 Å². The Hall–Kier alpha value is -1.10. The van der Waals surface area contributed by atoms with Crippen LogP contribution in [-0.2, 0) is 0 Å². The molecule has 0 spiro atoms. The fourth-order valence-corrected chi connectivity index (χ4v) is 3.16. The number of benzene rings is 1. The van der Waals surface area contributed by atoms with E-state index >= 15 is 0 Å². The van der Waals surface area contributed by atoms with Crippen molar-refractivity contribution in [3.05, 3.63) is 32.8 Å². The Balaban J connectivity index is 1.96. The molecule has 104 valence electrons. The molecule has 2 unspecified atom stereocenters. The van der Waals surface area contributed by atoms with Crippen LogP contribution >= 0.6 is 15.9 Å². The summed E-state index contributed by atoms with van der Waals surface area (Å²) < 4.78 is 0.523. The van der Waals surface area contributed by atoms with Crippen molar-refractivity contribution in [2.24, 2.45) is 11.8 Å². The molecule has 1 aliphatic rings. The zero-order chi connectivity index (χ0) is 13.8. The predicted molar refractivity (Wildman–Crippen MR) is 80.4 cm³/mol. The van der Waals surface area contributed by atoms with Crippen LogP contribution in [0.3, 0.4) is 0 Å². The number of hydrogen-bond acceptors (Lipinski definition) is 3. The molecule has 1 aromatic rings. The third kappa shape index (κ3) is 3.93. The van der Waals surface area contributed by atoms with Crippen molar-refractivity contribution >= 4 is 27.3 Å². The molecule has 1 fully saturated rings. The SMILES string of the molecule is CC1CCCC(CNc2ccc(Br)c([N+](=O)[O-])c2)C1. The van der Waals surface area contributed by atoms with E-state index in [1.54, 1.807) is 12.1 Å². The molecule has 0 bridgehead atoms. The maximum Gasteiger partial charge on any atom is 0.285 e. The van der Waals surface area contributed by atoms with E-state index < -0.39 is 0 Å². The molecule has 5 heteroatoms. The van der Waals surface area contributed by atoms with Crippen LogP contribution in [0.2, 0.25) is 0 Å². The molecule has 1 N–H and O–H groups in total. The van der Waals surface area contributed by atoms with Crippen molar-refractivity contribution < 1.29 is 4.92 Å². The molecule has 0 radical (unpaired) electrons. The van der Waals surface area contributed by atoms with Crippen LogP contribution in [0.15, 0.2) is 22.7 Å². The minimum atomic E-state index is -0.363. The van der Waals surface area contributed by atoms with Gasteiger partial charge in [0.1, 0.15) is 0 Å². The third-order valence-electron chi connectivity index (χ3n) is 3.78. The summed E-state index contributed by atoms with van der Waals surface area (Å²) in [5.41, 5.74) is 0.940. The second kappa shape index (κ2) is 6.37. The summed E-state index contributed by atoms with van der Waals surface area (Å²) in [5.74, 6) is 1.49. The zero-order valence-corrected chi connectivity index (χ0v) is 12.6. The van der Waals surface area contributed by atoms with Gasteiger partial charge in [0.25, 0.3) is 5.69 Å². The zero-order valence-electron chi connectivity index (χ0n) is 11.1. The number of nitro groups is 1. The summed E-state index contributed by atoms with van der Waals surface area (Å²) in [7, 11) is 0. The molecule has 0 aromatic heterocycles. The Bertz CT molecular complexity index is 465. The second-order valence-corrected chi connectivity index (χ2v) is 6.30.